The van der Waals surface area contributed by atoms with Crippen LogP contribution in [0.5, 0.6) is 0 Å². The molecule has 1 saturated heterocycles. The fourth-order valence-corrected chi connectivity index (χ4v) is 0.915. The molecular weight excluding hydrogens is 182 g/mol. The van der Waals surface area contributed by atoms with Crippen molar-refractivity contribution in [1.29, 1.82) is 0 Å². The summed E-state index contributed by atoms with van der Waals surface area (Å²) in [4.78, 5) is 24.5. The van der Waals surface area contributed by atoms with Crippen molar-refractivity contribution in [3.8, 4) is 0 Å². The maximum atomic E-state index is 12.5. The van der Waals surface area contributed by atoms with Crippen LogP contribution in [0.3, 0.4) is 0 Å². The number of allylic oxidation sites excluding steroid dienone is 1. The van der Waals surface area contributed by atoms with E-state index >= 15 is 0 Å². The van der Waals surface area contributed by atoms with Crippen molar-refractivity contribution in [3.63, 3.8) is 0 Å². The molecule has 0 radical (unpaired) electrons. The van der Waals surface area contributed by atoms with Crippen molar-refractivity contribution >= 4 is 11.7 Å². The average molecular weight is 210 g/mol. The highest BCUT2D eigenvalue weighted by atomic mass is 16.3. The number of aliphatic hydroxyl groups excluding tert-OH is 1. The van der Waals surface area contributed by atoms with Gasteiger partial charge in [0.05, 0.1) is 7.39 Å². The van der Waals surface area contributed by atoms with Crippen LogP contribution >= 0.6 is 0 Å². The van der Waals surface area contributed by atoms with Gasteiger partial charge < -0.3 is 10.4 Å². The van der Waals surface area contributed by atoms with Crippen LogP contribution in [0.1, 0.15) is 44.7 Å². The van der Waals surface area contributed by atoms with Gasteiger partial charge in [0.25, 0.3) is 5.91 Å². The van der Waals surface area contributed by atoms with Crippen molar-refractivity contribution in [2.24, 2.45) is 5.89 Å². The number of rotatable bonds is 2. The van der Waals surface area contributed by atoms with E-state index in [2.05, 4.69) is 0 Å². The van der Waals surface area contributed by atoms with Crippen LogP contribution in [0.25, 0.3) is 0 Å². The van der Waals surface area contributed by atoms with E-state index in [4.69, 9.17) is 17.8 Å². The van der Waals surface area contributed by atoms with Gasteiger partial charge >= 0.3 is 0 Å². The first-order valence-corrected chi connectivity index (χ1v) is 3.38. The minimum absolute atomic E-state index is 1.38. The number of ketones is 1. The Kier molecular flexibility index (Phi) is 0.715. The largest absolute Gasteiger partial charge is 0.512 e. The van der Waals surface area contributed by atoms with Gasteiger partial charge in [0.1, 0.15) is 11.3 Å². The highest BCUT2D eigenvalue weighted by Gasteiger charge is 2.39. The number of nitrogens with one attached hydrogen (secondary N) is 1. The summed E-state index contributed by atoms with van der Waals surface area (Å²) in [7, 11) is 0. The number of carbonyl (C=O) groups is 2. The molecule has 1 aliphatic heterocycles. The highest BCUT2D eigenvalue weighted by molar-refractivity contribution is 6.26. The summed E-state index contributed by atoms with van der Waals surface area (Å²) in [6.45, 7) is -11.2. The zero-order valence-corrected chi connectivity index (χ0v) is 6.76. The maximum Gasteiger partial charge on any atom is 0.259 e. The fourth-order valence-electron chi connectivity index (χ4n) is 0.915. The molecule has 1 amide bonds. The zero-order valence-electron chi connectivity index (χ0n) is 19.8. The third-order valence-electron chi connectivity index (χ3n) is 1.53. The van der Waals surface area contributed by atoms with E-state index in [-0.39, 0.29) is 0 Å². The monoisotopic (exact) mass is 210 g/mol. The Morgan fingerprint density at radius 2 is 2.71 bits per heavy atom. The Morgan fingerprint density at radius 1 is 1.93 bits per heavy atom. The summed E-state index contributed by atoms with van der Waals surface area (Å²) in [6.07, 6.45) is -4.04. The molecule has 1 rings (SSSR count). The summed E-state index contributed by atoms with van der Waals surface area (Å²) in [5.74, 6) is -9.67. The van der Waals surface area contributed by atoms with Gasteiger partial charge in [-0.25, -0.2) is 0 Å². The van der Waals surface area contributed by atoms with Gasteiger partial charge in [0, 0.05) is 16.4 Å². The van der Waals surface area contributed by atoms with Crippen molar-refractivity contribution in [1.82, 2.24) is 5.32 Å². The van der Waals surface area contributed by atoms with Crippen LogP contribution in [0.15, 0.2) is 11.3 Å². The quantitative estimate of drug-likeness (QED) is 0.405. The predicted octanol–water partition coefficient (Wildman–Crippen LogP) is 0.932. The lowest BCUT2D eigenvalue weighted by atomic mass is 9.95. The molecule has 2 N–H and O–H groups in total. The van der Waals surface area contributed by atoms with Gasteiger partial charge in [0.15, 0.2) is 5.78 Å². The predicted molar refractivity (Wildman–Crippen MR) is 51.7 cm³/mol. The van der Waals surface area contributed by atoms with E-state index in [1.807, 2.05) is 0 Å². The maximum absolute atomic E-state index is 12.5. The molecule has 14 heavy (non-hydrogen) atoms. The van der Waals surface area contributed by atoms with Crippen LogP contribution in [0.2, 0.25) is 0 Å². The third kappa shape index (κ3) is 1.64. The molecule has 0 aromatic rings. The Morgan fingerprint density at radius 3 is 3.29 bits per heavy atom. The second-order valence-corrected chi connectivity index (χ2v) is 2.38. The van der Waals surface area contributed by atoms with Crippen LogP contribution in [-0.2, 0) is 9.59 Å². The second kappa shape index (κ2) is 3.82. The van der Waals surface area contributed by atoms with Gasteiger partial charge in [-0.2, -0.15) is 0 Å². The van der Waals surface area contributed by atoms with Gasteiger partial charge in [-0.1, -0.05) is 20.1 Å². The molecule has 0 saturated carbocycles. The van der Waals surface area contributed by atoms with Crippen LogP contribution < -0.4 is 5.32 Å². The molecule has 1 heterocycles. The van der Waals surface area contributed by atoms with E-state index in [0.717, 1.165) is 0 Å². The van der Waals surface area contributed by atoms with Crippen LogP contribution in [-0.4, -0.2) is 22.8 Å². The standard InChI is InChI=1S/C10H15NO3/c1-4-5(2)8-9(13)7(6(3)12)10(14)11-8/h5,8,12H,4H2,1-3H3,(H,11,14)/b7-6+/t5-,8-/m0/s1/i1D3,2D3,3D3,4D2,5D,8D. The summed E-state index contributed by atoms with van der Waals surface area (Å²) < 4.78 is 96.3. The molecule has 78 valence electrons. The fraction of sp³-hybridized carbons (Fsp3) is 0.600. The van der Waals surface area contributed by atoms with E-state index < -0.39 is 61.9 Å². The average Bonchev–Trinajstić information content (AvgIpc) is 2.64. The number of amides is 1. The number of hydrogen-bond donors (Lipinski definition) is 2. The Hall–Kier alpha value is -1.32. The highest BCUT2D eigenvalue weighted by Crippen LogP contribution is 2.20. The van der Waals surface area contributed by atoms with Gasteiger partial charge in [-0.05, 0) is 12.7 Å². The smallest absolute Gasteiger partial charge is 0.259 e. The van der Waals surface area contributed by atoms with Crippen molar-refractivity contribution in [2.45, 2.75) is 32.9 Å². The minimum atomic E-state index is -4.10. The van der Waals surface area contributed by atoms with Crippen LogP contribution in [0.4, 0.5) is 0 Å². The molecule has 0 spiro atoms. The van der Waals surface area contributed by atoms with E-state index in [1.165, 1.54) is 5.32 Å². The molecule has 1 aliphatic rings. The topological polar surface area (TPSA) is 66.4 Å². The van der Waals surface area contributed by atoms with E-state index in [0.29, 0.717) is 0 Å². The molecule has 0 aromatic heterocycles. The first-order valence-electron chi connectivity index (χ1n) is 9.88. The lowest BCUT2D eigenvalue weighted by Crippen LogP contribution is -2.35. The first kappa shape index (κ1) is 2.62. The number of Topliss-reactive ketones (excluding diaryl/α,β-unsaturated/α-hetero) is 1. The normalized spacial score (nSPS) is 52.4. The van der Waals surface area contributed by atoms with Gasteiger partial charge in [0.2, 0.25) is 0 Å². The number of hydrogen-bond acceptors (Lipinski definition) is 3. The number of carbonyl (C=O) groups excluding carboxylic acids is 2. The summed E-state index contributed by atoms with van der Waals surface area (Å²) in [5, 5.41) is 11.0. The van der Waals surface area contributed by atoms with E-state index in [9.17, 15) is 14.7 Å². The van der Waals surface area contributed by atoms with Crippen LogP contribution in [0, 0.1) is 5.89 Å². The van der Waals surface area contributed by atoms with E-state index in [1.54, 1.807) is 0 Å². The lowest BCUT2D eigenvalue weighted by Gasteiger charge is -2.14. The summed E-state index contributed by atoms with van der Waals surface area (Å²) in [5.41, 5.74) is -1.56. The molecule has 4 heteroatoms. The SMILES string of the molecule is [2H]C([2H])([2H])/C(O)=C1\C(=O)N[C@@]([2H])([C@@]([2H])(C([2H])([2H])[2H])C([2H])([2H])C([2H])([2H])[2H])C1=O. The Bertz CT molecular complexity index is 703. The Labute approximate surface area is 101 Å². The molecule has 1 fully saturated rings. The van der Waals surface area contributed by atoms with Crippen molar-refractivity contribution < 1.29 is 32.5 Å². The number of aliphatic hydroxyl groups is 1. The summed E-state index contributed by atoms with van der Waals surface area (Å²) in [6, 6.07) is -3.76. The molecule has 0 unspecified atom stereocenters. The summed E-state index contributed by atoms with van der Waals surface area (Å²) >= 11 is 0. The molecule has 0 aliphatic carbocycles. The second-order valence-electron chi connectivity index (χ2n) is 2.38. The lowest BCUT2D eigenvalue weighted by molar-refractivity contribution is -0.117. The molecule has 0 bridgehead atoms. The Balaban J connectivity index is 3.88. The molecule has 2 atom stereocenters. The third-order valence-corrected chi connectivity index (χ3v) is 1.53. The van der Waals surface area contributed by atoms with Crippen molar-refractivity contribution in [3.05, 3.63) is 11.3 Å². The molecule has 0 aromatic carbocycles. The molecular formula is C10H15NO3. The molecule has 4 nitrogen and oxygen atoms in total. The van der Waals surface area contributed by atoms with Gasteiger partial charge in [-0.15, -0.1) is 0 Å². The minimum Gasteiger partial charge on any atom is -0.512 e. The van der Waals surface area contributed by atoms with Crippen molar-refractivity contribution in [2.75, 3.05) is 0 Å². The first-order chi connectivity index (χ1) is 11.6. The van der Waals surface area contributed by atoms with Gasteiger partial charge in [-0.3, -0.25) is 9.59 Å². The zero-order chi connectivity index (χ0) is 22.0.